The molecule has 0 spiro atoms. The van der Waals surface area contributed by atoms with E-state index >= 15 is 0 Å². The van der Waals surface area contributed by atoms with E-state index in [9.17, 15) is 9.59 Å². The first-order chi connectivity index (χ1) is 20.5. The molecule has 2 aliphatic rings. The number of pyridine rings is 2. The summed E-state index contributed by atoms with van der Waals surface area (Å²) in [6.45, 7) is 14.7. The molecule has 0 aliphatic heterocycles. The zero-order chi connectivity index (χ0) is 31.8. The topological polar surface area (TPSA) is 98.0 Å². The van der Waals surface area contributed by atoms with Gasteiger partial charge in [0, 0.05) is 55.0 Å². The molecule has 43 heavy (non-hydrogen) atoms. The number of carbonyl (C=O) groups is 2. The van der Waals surface area contributed by atoms with Crippen LogP contribution >= 0.6 is 11.6 Å². The third kappa shape index (κ3) is 13.5. The number of hydrogen-bond donors (Lipinski definition) is 2. The van der Waals surface area contributed by atoms with Crippen LogP contribution in [0.15, 0.2) is 48.8 Å². The van der Waals surface area contributed by atoms with Crippen molar-refractivity contribution < 1.29 is 9.59 Å². The average Bonchev–Trinajstić information content (AvgIpc) is 2.98. The van der Waals surface area contributed by atoms with Crippen molar-refractivity contribution in [3.63, 3.8) is 0 Å². The van der Waals surface area contributed by atoms with E-state index in [0.717, 1.165) is 37.1 Å². The third-order valence-corrected chi connectivity index (χ3v) is 9.49. The number of carbonyl (C=O) groups excluding carboxylic acids is 2. The largest absolute Gasteiger partial charge is 0.355 e. The van der Waals surface area contributed by atoms with Crippen molar-refractivity contribution in [3.05, 3.63) is 60.2 Å². The molecule has 1 amide bonds. The second kappa shape index (κ2) is 19.9. The first-order valence-corrected chi connectivity index (χ1v) is 16.9. The third-order valence-electron chi connectivity index (χ3n) is 9.21. The summed E-state index contributed by atoms with van der Waals surface area (Å²) in [6.07, 6.45) is 12.2. The van der Waals surface area contributed by atoms with Gasteiger partial charge in [0.05, 0.1) is 0 Å². The summed E-state index contributed by atoms with van der Waals surface area (Å²) in [5.41, 5.74) is 7.43. The Balaban J connectivity index is 0.000000249. The van der Waals surface area contributed by atoms with Crippen LogP contribution in [0.2, 0.25) is 0 Å². The van der Waals surface area contributed by atoms with Crippen LogP contribution in [-0.4, -0.2) is 34.2 Å². The van der Waals surface area contributed by atoms with E-state index < -0.39 is 0 Å². The fraction of sp³-hybridized carbons (Fsp3) is 0.667. The fourth-order valence-electron chi connectivity index (χ4n) is 6.65. The highest BCUT2D eigenvalue weighted by molar-refractivity contribution is 6.64. The predicted octanol–water partition coefficient (Wildman–Crippen LogP) is 7.49. The second-order valence-corrected chi connectivity index (χ2v) is 13.8. The molecule has 2 aliphatic carbocycles. The van der Waals surface area contributed by atoms with Crippen molar-refractivity contribution in [2.24, 2.45) is 53.1 Å². The maximum absolute atomic E-state index is 12.5. The van der Waals surface area contributed by atoms with Gasteiger partial charge in [0.1, 0.15) is 0 Å². The summed E-state index contributed by atoms with van der Waals surface area (Å²) < 4.78 is 0. The minimum Gasteiger partial charge on any atom is -0.355 e. The molecule has 0 saturated heterocycles. The highest BCUT2D eigenvalue weighted by Gasteiger charge is 2.35. The van der Waals surface area contributed by atoms with Crippen molar-refractivity contribution in [1.82, 2.24) is 15.3 Å². The summed E-state index contributed by atoms with van der Waals surface area (Å²) in [7, 11) is 0. The standard InChI is InChI=1S/C18H28N2O.C11H19ClO.C7H10N2/c1-13(2)16-8-7-14(3)12-17(16)18(21)20-11-9-15-6-4-5-10-19-15;1-7(2)9-5-4-8(3)6-10(9)11(12)13;8-5-4-7-3-1-2-6-9-7/h4-6,10,13-14,16-17H,7-9,11-12H2,1-3H3,(H,20,21);7-10H,4-6H2,1-3H3;1-3,6H,4-5,8H2/t14-,16+,17-;8-,9+,10-;/m11./s1. The van der Waals surface area contributed by atoms with Crippen molar-refractivity contribution in [1.29, 1.82) is 0 Å². The van der Waals surface area contributed by atoms with E-state index in [4.69, 9.17) is 17.3 Å². The lowest BCUT2D eigenvalue weighted by Crippen LogP contribution is -2.40. The number of nitrogens with zero attached hydrogens (tertiary/aromatic N) is 2. The van der Waals surface area contributed by atoms with Crippen LogP contribution in [0.4, 0.5) is 0 Å². The molecule has 2 heterocycles. The molecule has 2 fully saturated rings. The molecule has 2 aromatic heterocycles. The maximum Gasteiger partial charge on any atom is 0.225 e. The van der Waals surface area contributed by atoms with E-state index in [1.54, 1.807) is 12.4 Å². The Morgan fingerprint density at radius 3 is 1.74 bits per heavy atom. The molecule has 2 saturated carbocycles. The molecule has 7 heteroatoms. The van der Waals surface area contributed by atoms with Crippen LogP contribution in [0.5, 0.6) is 0 Å². The second-order valence-electron chi connectivity index (χ2n) is 13.4. The number of rotatable bonds is 9. The Hall–Kier alpha value is -2.31. The highest BCUT2D eigenvalue weighted by Crippen LogP contribution is 2.39. The van der Waals surface area contributed by atoms with Gasteiger partial charge in [-0.25, -0.2) is 0 Å². The van der Waals surface area contributed by atoms with E-state index in [2.05, 4.69) is 56.8 Å². The van der Waals surface area contributed by atoms with Gasteiger partial charge in [0.25, 0.3) is 0 Å². The zero-order valence-electron chi connectivity index (χ0n) is 27.5. The summed E-state index contributed by atoms with van der Waals surface area (Å²) in [6, 6.07) is 11.8. The van der Waals surface area contributed by atoms with Gasteiger partial charge >= 0.3 is 0 Å². The number of nitrogens with one attached hydrogen (secondary N) is 1. The lowest BCUT2D eigenvalue weighted by atomic mass is 9.70. The normalized spacial score (nSPS) is 25.2. The highest BCUT2D eigenvalue weighted by atomic mass is 35.5. The Morgan fingerprint density at radius 2 is 1.30 bits per heavy atom. The molecule has 0 bridgehead atoms. The van der Waals surface area contributed by atoms with Crippen LogP contribution in [0, 0.1) is 47.3 Å². The molecule has 240 valence electrons. The van der Waals surface area contributed by atoms with Gasteiger partial charge < -0.3 is 11.1 Å². The van der Waals surface area contributed by atoms with Crippen LogP contribution in [-0.2, 0) is 22.4 Å². The fourth-order valence-corrected chi connectivity index (χ4v) is 6.90. The molecule has 0 aromatic carbocycles. The number of nitrogens with two attached hydrogens (primary N) is 1. The molecule has 0 unspecified atom stereocenters. The number of aromatic nitrogens is 2. The van der Waals surface area contributed by atoms with Gasteiger partial charge in [-0.2, -0.15) is 0 Å². The summed E-state index contributed by atoms with van der Waals surface area (Å²) in [5.74, 6) is 4.12. The molecular formula is C36H57ClN4O2. The van der Waals surface area contributed by atoms with Crippen molar-refractivity contribution >= 4 is 22.8 Å². The van der Waals surface area contributed by atoms with Crippen LogP contribution in [0.25, 0.3) is 0 Å². The van der Waals surface area contributed by atoms with E-state index in [1.165, 1.54) is 25.7 Å². The van der Waals surface area contributed by atoms with E-state index in [0.29, 0.717) is 48.6 Å². The average molecular weight is 613 g/mol. The number of halogens is 1. The van der Waals surface area contributed by atoms with Crippen LogP contribution in [0.3, 0.4) is 0 Å². The predicted molar refractivity (Wildman–Crippen MR) is 178 cm³/mol. The summed E-state index contributed by atoms with van der Waals surface area (Å²) in [4.78, 5) is 32.1. The van der Waals surface area contributed by atoms with Gasteiger partial charge in [0.15, 0.2) is 0 Å². The molecule has 6 atom stereocenters. The summed E-state index contributed by atoms with van der Waals surface area (Å²) in [5, 5.41) is 3.01. The Morgan fingerprint density at radius 1 is 0.814 bits per heavy atom. The zero-order valence-corrected chi connectivity index (χ0v) is 28.2. The summed E-state index contributed by atoms with van der Waals surface area (Å²) >= 11 is 5.62. The Kier molecular flexibility index (Phi) is 17.0. The Bertz CT molecular complexity index is 1050. The lowest BCUT2D eigenvalue weighted by molar-refractivity contribution is -0.129. The first kappa shape index (κ1) is 36.9. The van der Waals surface area contributed by atoms with Gasteiger partial charge in [-0.15, -0.1) is 0 Å². The van der Waals surface area contributed by atoms with E-state index in [1.807, 2.05) is 36.4 Å². The first-order valence-electron chi connectivity index (χ1n) is 16.5. The number of amides is 1. The SMILES string of the molecule is CC(C)[C@@H]1CC[C@@H](C)C[C@H]1C(=O)Cl.CC(C)[C@@H]1CC[C@@H](C)C[C@H]1C(=O)NCCc1ccccn1.NCCc1ccccn1. The molecular weight excluding hydrogens is 556 g/mol. The molecule has 2 aromatic rings. The maximum atomic E-state index is 12.5. The van der Waals surface area contributed by atoms with Gasteiger partial charge in [-0.05, 0) is 104 Å². The van der Waals surface area contributed by atoms with Crippen molar-refractivity contribution in [2.45, 2.75) is 92.9 Å². The Labute approximate surface area is 266 Å². The minimum atomic E-state index is -0.120. The number of hydrogen-bond acceptors (Lipinski definition) is 5. The van der Waals surface area contributed by atoms with Crippen LogP contribution in [0.1, 0.15) is 91.5 Å². The van der Waals surface area contributed by atoms with Gasteiger partial charge in [-0.3, -0.25) is 19.6 Å². The van der Waals surface area contributed by atoms with Crippen LogP contribution < -0.4 is 11.1 Å². The quantitative estimate of drug-likeness (QED) is 0.286. The van der Waals surface area contributed by atoms with Gasteiger partial charge in [-0.1, -0.05) is 66.5 Å². The smallest absolute Gasteiger partial charge is 0.225 e. The monoisotopic (exact) mass is 612 g/mol. The molecule has 0 radical (unpaired) electrons. The van der Waals surface area contributed by atoms with Crippen molar-refractivity contribution in [2.75, 3.05) is 13.1 Å². The molecule has 6 nitrogen and oxygen atoms in total. The van der Waals surface area contributed by atoms with Gasteiger partial charge in [0.2, 0.25) is 11.1 Å². The van der Waals surface area contributed by atoms with Crippen molar-refractivity contribution in [3.8, 4) is 0 Å². The lowest BCUT2D eigenvalue weighted by Gasteiger charge is -2.36. The minimum absolute atomic E-state index is 0.116. The van der Waals surface area contributed by atoms with E-state index in [-0.39, 0.29) is 23.0 Å². The molecule has 3 N–H and O–H groups in total. The molecule has 4 rings (SSSR count).